The standard InChI is InChI=1S/C15H17N3O4/c1-16-6-8-17(9-7-16)10-13(19)22-18-14(20)11-4-2-3-5-12(11)15(18)21/h2-5H,6-10H2,1H3. The van der Waals surface area contributed by atoms with Gasteiger partial charge in [-0.05, 0) is 19.2 Å². The van der Waals surface area contributed by atoms with Crippen LogP contribution in [0.15, 0.2) is 24.3 Å². The quantitative estimate of drug-likeness (QED) is 0.732. The molecule has 0 bridgehead atoms. The van der Waals surface area contributed by atoms with Gasteiger partial charge in [0.15, 0.2) is 0 Å². The van der Waals surface area contributed by atoms with Crippen molar-refractivity contribution in [2.75, 3.05) is 39.8 Å². The van der Waals surface area contributed by atoms with Crippen LogP contribution in [0.1, 0.15) is 20.7 Å². The van der Waals surface area contributed by atoms with Crippen molar-refractivity contribution >= 4 is 17.8 Å². The molecule has 1 fully saturated rings. The highest BCUT2D eigenvalue weighted by Crippen LogP contribution is 2.22. The maximum atomic E-state index is 12.1. The summed E-state index contributed by atoms with van der Waals surface area (Å²) in [5.74, 6) is -1.78. The first-order valence-corrected chi connectivity index (χ1v) is 7.16. The number of hydrogen-bond donors (Lipinski definition) is 0. The molecule has 2 amide bonds. The number of benzene rings is 1. The first kappa shape index (κ1) is 14.7. The number of carbonyl (C=O) groups is 3. The number of hydrogen-bond acceptors (Lipinski definition) is 6. The Hall–Kier alpha value is -2.25. The summed E-state index contributed by atoms with van der Waals surface area (Å²) in [4.78, 5) is 45.2. The van der Waals surface area contributed by atoms with Crippen molar-refractivity contribution in [3.8, 4) is 0 Å². The van der Waals surface area contributed by atoms with Crippen LogP contribution < -0.4 is 0 Å². The summed E-state index contributed by atoms with van der Waals surface area (Å²) in [5, 5.41) is 0.559. The van der Waals surface area contributed by atoms with E-state index in [0.29, 0.717) is 5.06 Å². The molecule has 0 N–H and O–H groups in total. The lowest BCUT2D eigenvalue weighted by Crippen LogP contribution is -2.47. The second kappa shape index (κ2) is 5.86. The van der Waals surface area contributed by atoms with Gasteiger partial charge in [-0.25, -0.2) is 4.79 Å². The van der Waals surface area contributed by atoms with Crippen molar-refractivity contribution in [3.63, 3.8) is 0 Å². The molecule has 0 atom stereocenters. The number of imide groups is 1. The van der Waals surface area contributed by atoms with Gasteiger partial charge < -0.3 is 9.74 Å². The molecule has 3 rings (SSSR count). The van der Waals surface area contributed by atoms with Gasteiger partial charge >= 0.3 is 5.97 Å². The first-order valence-electron chi connectivity index (χ1n) is 7.16. The van der Waals surface area contributed by atoms with Crippen LogP contribution in [-0.4, -0.2) is 72.4 Å². The summed E-state index contributed by atoms with van der Waals surface area (Å²) < 4.78 is 0. The molecule has 0 aliphatic carbocycles. The molecule has 0 spiro atoms. The topological polar surface area (TPSA) is 70.2 Å². The molecule has 0 radical (unpaired) electrons. The van der Waals surface area contributed by atoms with Gasteiger partial charge in [-0.3, -0.25) is 14.5 Å². The molecule has 1 aromatic carbocycles. The van der Waals surface area contributed by atoms with Crippen LogP contribution in [0.5, 0.6) is 0 Å². The second-order valence-electron chi connectivity index (χ2n) is 5.49. The summed E-state index contributed by atoms with van der Waals surface area (Å²) in [6.45, 7) is 3.34. The molecule has 7 nitrogen and oxygen atoms in total. The molecule has 1 saturated heterocycles. The van der Waals surface area contributed by atoms with E-state index in [1.54, 1.807) is 24.3 Å². The Morgan fingerprint density at radius 1 is 1.05 bits per heavy atom. The summed E-state index contributed by atoms with van der Waals surface area (Å²) >= 11 is 0. The zero-order valence-corrected chi connectivity index (χ0v) is 12.3. The van der Waals surface area contributed by atoms with Crippen molar-refractivity contribution in [2.24, 2.45) is 0 Å². The third-order valence-corrected chi connectivity index (χ3v) is 3.90. The van der Waals surface area contributed by atoms with Crippen LogP contribution in [0.3, 0.4) is 0 Å². The van der Waals surface area contributed by atoms with E-state index in [0.717, 1.165) is 26.2 Å². The third-order valence-electron chi connectivity index (χ3n) is 3.90. The van der Waals surface area contributed by atoms with Crippen LogP contribution in [0.4, 0.5) is 0 Å². The predicted octanol–water partition coefficient (Wildman–Crippen LogP) is -0.0118. The van der Waals surface area contributed by atoms with E-state index in [9.17, 15) is 14.4 Å². The van der Waals surface area contributed by atoms with E-state index in [4.69, 9.17) is 4.84 Å². The Morgan fingerprint density at radius 2 is 1.59 bits per heavy atom. The summed E-state index contributed by atoms with van der Waals surface area (Å²) in [7, 11) is 2.02. The van der Waals surface area contributed by atoms with E-state index in [-0.39, 0.29) is 17.7 Å². The van der Waals surface area contributed by atoms with Gasteiger partial charge in [0.2, 0.25) is 0 Å². The molecule has 2 aliphatic heterocycles. The number of nitrogens with zero attached hydrogens (tertiary/aromatic N) is 3. The van der Waals surface area contributed by atoms with Crippen LogP contribution in [0.25, 0.3) is 0 Å². The van der Waals surface area contributed by atoms with Gasteiger partial charge in [0, 0.05) is 26.2 Å². The fourth-order valence-electron chi connectivity index (χ4n) is 2.57. The molecular weight excluding hydrogens is 286 g/mol. The van der Waals surface area contributed by atoms with Gasteiger partial charge in [0.05, 0.1) is 17.7 Å². The van der Waals surface area contributed by atoms with E-state index >= 15 is 0 Å². The van der Waals surface area contributed by atoms with E-state index < -0.39 is 17.8 Å². The fraction of sp³-hybridized carbons (Fsp3) is 0.400. The zero-order valence-electron chi connectivity index (χ0n) is 12.3. The summed E-state index contributed by atoms with van der Waals surface area (Å²) in [5.41, 5.74) is 0.528. The molecule has 2 heterocycles. The molecule has 2 aliphatic rings. The minimum atomic E-state index is -0.598. The van der Waals surface area contributed by atoms with E-state index in [1.165, 1.54) is 0 Å². The van der Waals surface area contributed by atoms with Crippen molar-refractivity contribution in [3.05, 3.63) is 35.4 Å². The highest BCUT2D eigenvalue weighted by molar-refractivity contribution is 6.20. The SMILES string of the molecule is CN1CCN(CC(=O)ON2C(=O)c3ccccc3C2=O)CC1. The lowest BCUT2D eigenvalue weighted by Gasteiger charge is -2.31. The fourth-order valence-corrected chi connectivity index (χ4v) is 2.57. The Morgan fingerprint density at radius 3 is 2.14 bits per heavy atom. The number of amides is 2. The number of hydroxylamine groups is 2. The van der Waals surface area contributed by atoms with E-state index in [1.807, 2.05) is 11.9 Å². The number of carbonyl (C=O) groups excluding carboxylic acids is 3. The highest BCUT2D eigenvalue weighted by Gasteiger charge is 2.38. The molecule has 116 valence electrons. The monoisotopic (exact) mass is 303 g/mol. The zero-order chi connectivity index (χ0) is 15.7. The van der Waals surface area contributed by atoms with Crippen molar-refractivity contribution in [1.29, 1.82) is 0 Å². The smallest absolute Gasteiger partial charge is 0.328 e. The van der Waals surface area contributed by atoms with Crippen molar-refractivity contribution < 1.29 is 19.2 Å². The Kier molecular flexibility index (Phi) is 3.91. The number of piperazine rings is 1. The average molecular weight is 303 g/mol. The Balaban J connectivity index is 1.61. The molecule has 0 unspecified atom stereocenters. The molecule has 0 aromatic heterocycles. The van der Waals surface area contributed by atoms with Gasteiger partial charge in [-0.1, -0.05) is 17.2 Å². The minimum absolute atomic E-state index is 0.0707. The molecular formula is C15H17N3O4. The largest absolute Gasteiger partial charge is 0.347 e. The van der Waals surface area contributed by atoms with Crippen LogP contribution in [-0.2, 0) is 9.63 Å². The van der Waals surface area contributed by atoms with Crippen LogP contribution >= 0.6 is 0 Å². The minimum Gasteiger partial charge on any atom is -0.328 e. The van der Waals surface area contributed by atoms with Crippen LogP contribution in [0.2, 0.25) is 0 Å². The molecule has 0 saturated carbocycles. The maximum absolute atomic E-state index is 12.1. The average Bonchev–Trinajstić information content (AvgIpc) is 2.75. The van der Waals surface area contributed by atoms with Gasteiger partial charge in [0.1, 0.15) is 0 Å². The van der Waals surface area contributed by atoms with Gasteiger partial charge in [0.25, 0.3) is 11.8 Å². The number of rotatable bonds is 3. The molecule has 1 aromatic rings. The lowest BCUT2D eigenvalue weighted by atomic mass is 10.1. The van der Waals surface area contributed by atoms with Crippen molar-refractivity contribution in [2.45, 2.75) is 0 Å². The maximum Gasteiger partial charge on any atom is 0.347 e. The number of likely N-dealkylation sites (N-methyl/N-ethyl adjacent to an activating group) is 1. The normalized spacial score (nSPS) is 19.4. The lowest BCUT2D eigenvalue weighted by molar-refractivity contribution is -0.170. The summed E-state index contributed by atoms with van der Waals surface area (Å²) in [6.07, 6.45) is 0. The highest BCUT2D eigenvalue weighted by atomic mass is 16.7. The third kappa shape index (κ3) is 2.72. The Bertz CT molecular complexity index is 588. The molecule has 22 heavy (non-hydrogen) atoms. The molecule has 7 heteroatoms. The van der Waals surface area contributed by atoms with E-state index in [2.05, 4.69) is 4.90 Å². The first-order chi connectivity index (χ1) is 10.6. The predicted molar refractivity (Wildman–Crippen MR) is 77.0 cm³/mol. The Labute approximate surface area is 128 Å². The van der Waals surface area contributed by atoms with Gasteiger partial charge in [-0.15, -0.1) is 0 Å². The van der Waals surface area contributed by atoms with Gasteiger partial charge in [-0.2, -0.15) is 0 Å². The second-order valence-corrected chi connectivity index (χ2v) is 5.49. The van der Waals surface area contributed by atoms with Crippen molar-refractivity contribution in [1.82, 2.24) is 14.9 Å². The summed E-state index contributed by atoms with van der Waals surface area (Å²) in [6, 6.07) is 6.42. The number of fused-ring (bicyclic) bond motifs is 1. The van der Waals surface area contributed by atoms with Crippen LogP contribution in [0, 0.1) is 0 Å².